The highest BCUT2D eigenvalue weighted by Gasteiger charge is 2.09. The molecular formula is C16H16N2O2. The first-order valence-corrected chi connectivity index (χ1v) is 6.62. The molecule has 0 aliphatic heterocycles. The normalized spacial score (nSPS) is 12.7. The van der Waals surface area contributed by atoms with E-state index < -0.39 is 0 Å². The smallest absolute Gasteiger partial charge is 0.252 e. The summed E-state index contributed by atoms with van der Waals surface area (Å²) in [6, 6.07) is 13.5. The van der Waals surface area contributed by atoms with Crippen molar-refractivity contribution in [3.8, 4) is 0 Å². The first-order valence-electron chi connectivity index (χ1n) is 6.62. The molecular weight excluding hydrogens is 252 g/mol. The molecule has 0 bridgehead atoms. The summed E-state index contributed by atoms with van der Waals surface area (Å²) in [6.45, 7) is 2.51. The summed E-state index contributed by atoms with van der Waals surface area (Å²) >= 11 is 0. The summed E-state index contributed by atoms with van der Waals surface area (Å²) in [5.74, 6) is 0.863. The Hall–Kier alpha value is -2.33. The van der Waals surface area contributed by atoms with Crippen LogP contribution in [-0.4, -0.2) is 4.98 Å². The summed E-state index contributed by atoms with van der Waals surface area (Å²) < 4.78 is 5.34. The van der Waals surface area contributed by atoms with Crippen LogP contribution in [0.15, 0.2) is 57.9 Å². The van der Waals surface area contributed by atoms with Crippen molar-refractivity contribution in [2.75, 3.05) is 0 Å². The van der Waals surface area contributed by atoms with Gasteiger partial charge in [-0.1, -0.05) is 18.2 Å². The van der Waals surface area contributed by atoms with E-state index in [2.05, 4.69) is 10.3 Å². The molecule has 0 saturated heterocycles. The molecule has 0 fully saturated rings. The molecule has 4 nitrogen and oxygen atoms in total. The van der Waals surface area contributed by atoms with Crippen LogP contribution < -0.4 is 10.9 Å². The van der Waals surface area contributed by atoms with Crippen LogP contribution in [0.25, 0.3) is 10.9 Å². The first-order chi connectivity index (χ1) is 9.74. The predicted molar refractivity (Wildman–Crippen MR) is 78.5 cm³/mol. The Morgan fingerprint density at radius 2 is 2.10 bits per heavy atom. The number of nitrogens with one attached hydrogen (secondary N) is 2. The quantitative estimate of drug-likeness (QED) is 0.764. The maximum Gasteiger partial charge on any atom is 0.252 e. The van der Waals surface area contributed by atoms with Crippen LogP contribution in [0.1, 0.15) is 24.3 Å². The van der Waals surface area contributed by atoms with Crippen LogP contribution >= 0.6 is 0 Å². The SMILES string of the molecule is C[C@@H](NCc1cc2ccccc2[nH]c1=O)c1ccco1. The molecule has 0 unspecified atom stereocenters. The van der Waals surface area contributed by atoms with Gasteiger partial charge in [0.15, 0.2) is 0 Å². The number of aromatic nitrogens is 1. The highest BCUT2D eigenvalue weighted by molar-refractivity contribution is 5.78. The molecule has 1 atom stereocenters. The van der Waals surface area contributed by atoms with E-state index in [4.69, 9.17) is 4.42 Å². The number of benzene rings is 1. The van der Waals surface area contributed by atoms with Gasteiger partial charge in [-0.2, -0.15) is 0 Å². The third-order valence-corrected chi connectivity index (χ3v) is 3.40. The number of furan rings is 1. The largest absolute Gasteiger partial charge is 0.468 e. The van der Waals surface area contributed by atoms with Gasteiger partial charge in [0, 0.05) is 17.6 Å². The molecule has 0 saturated carbocycles. The van der Waals surface area contributed by atoms with Gasteiger partial charge in [-0.15, -0.1) is 0 Å². The lowest BCUT2D eigenvalue weighted by Gasteiger charge is -2.11. The summed E-state index contributed by atoms with van der Waals surface area (Å²) in [6.07, 6.45) is 1.65. The molecule has 0 spiro atoms. The van der Waals surface area contributed by atoms with Crippen molar-refractivity contribution >= 4 is 10.9 Å². The maximum atomic E-state index is 12.0. The number of hydrogen-bond acceptors (Lipinski definition) is 3. The van der Waals surface area contributed by atoms with Gasteiger partial charge in [-0.05, 0) is 36.6 Å². The average molecular weight is 268 g/mol. The third kappa shape index (κ3) is 2.51. The van der Waals surface area contributed by atoms with Gasteiger partial charge in [0.2, 0.25) is 0 Å². The summed E-state index contributed by atoms with van der Waals surface area (Å²) in [5.41, 5.74) is 1.53. The van der Waals surface area contributed by atoms with Gasteiger partial charge in [-0.3, -0.25) is 4.79 Å². The monoisotopic (exact) mass is 268 g/mol. The molecule has 2 heterocycles. The number of hydrogen-bond donors (Lipinski definition) is 2. The lowest BCUT2D eigenvalue weighted by Crippen LogP contribution is -2.23. The zero-order valence-corrected chi connectivity index (χ0v) is 11.2. The lowest BCUT2D eigenvalue weighted by molar-refractivity contribution is 0.430. The molecule has 0 aliphatic rings. The van der Waals surface area contributed by atoms with E-state index in [9.17, 15) is 4.79 Å². The Labute approximate surface area is 116 Å². The Balaban J connectivity index is 1.80. The van der Waals surface area contributed by atoms with Gasteiger partial charge in [-0.25, -0.2) is 0 Å². The Bertz CT molecular complexity index is 759. The molecule has 1 aromatic carbocycles. The average Bonchev–Trinajstić information content (AvgIpc) is 2.99. The second-order valence-electron chi connectivity index (χ2n) is 4.83. The minimum Gasteiger partial charge on any atom is -0.468 e. The van der Waals surface area contributed by atoms with Crippen molar-refractivity contribution in [1.82, 2.24) is 10.3 Å². The second kappa shape index (κ2) is 5.35. The van der Waals surface area contributed by atoms with E-state index in [-0.39, 0.29) is 11.6 Å². The van der Waals surface area contributed by atoms with E-state index in [1.54, 1.807) is 6.26 Å². The van der Waals surface area contributed by atoms with Crippen molar-refractivity contribution in [3.05, 3.63) is 70.4 Å². The fraction of sp³-hybridized carbons (Fsp3) is 0.188. The van der Waals surface area contributed by atoms with Gasteiger partial charge in [0.05, 0.1) is 12.3 Å². The maximum absolute atomic E-state index is 12.0. The summed E-state index contributed by atoms with van der Waals surface area (Å²) in [5, 5.41) is 4.33. The van der Waals surface area contributed by atoms with Gasteiger partial charge >= 0.3 is 0 Å². The van der Waals surface area contributed by atoms with E-state index in [1.807, 2.05) is 49.4 Å². The summed E-state index contributed by atoms with van der Waals surface area (Å²) in [7, 11) is 0. The molecule has 4 heteroatoms. The number of H-pyrrole nitrogens is 1. The fourth-order valence-corrected chi connectivity index (χ4v) is 2.23. The summed E-state index contributed by atoms with van der Waals surface area (Å²) in [4.78, 5) is 14.9. The van der Waals surface area contributed by atoms with Crippen LogP contribution in [0.3, 0.4) is 0 Å². The topological polar surface area (TPSA) is 58.0 Å². The van der Waals surface area contributed by atoms with Crippen molar-refractivity contribution in [2.24, 2.45) is 0 Å². The Kier molecular flexibility index (Phi) is 3.39. The fourth-order valence-electron chi connectivity index (χ4n) is 2.23. The number of rotatable bonds is 4. The van der Waals surface area contributed by atoms with E-state index in [0.717, 1.165) is 22.2 Å². The van der Waals surface area contributed by atoms with Crippen LogP contribution in [0.2, 0.25) is 0 Å². The molecule has 0 aliphatic carbocycles. The lowest BCUT2D eigenvalue weighted by atomic mass is 10.1. The molecule has 0 radical (unpaired) electrons. The molecule has 20 heavy (non-hydrogen) atoms. The Morgan fingerprint density at radius 1 is 1.25 bits per heavy atom. The van der Waals surface area contributed by atoms with Gasteiger partial charge in [0.25, 0.3) is 5.56 Å². The van der Waals surface area contributed by atoms with Crippen LogP contribution in [0.5, 0.6) is 0 Å². The predicted octanol–water partition coefficient (Wildman–Crippen LogP) is 2.97. The second-order valence-corrected chi connectivity index (χ2v) is 4.83. The standard InChI is InChI=1S/C16H16N2O2/c1-11(15-7-4-8-20-15)17-10-13-9-12-5-2-3-6-14(12)18-16(13)19/h2-9,11,17H,10H2,1H3,(H,18,19)/t11-/m1/s1. The molecule has 2 N–H and O–H groups in total. The van der Waals surface area contributed by atoms with Crippen LogP contribution in [0.4, 0.5) is 0 Å². The molecule has 3 aromatic rings. The van der Waals surface area contributed by atoms with Crippen molar-refractivity contribution in [1.29, 1.82) is 0 Å². The third-order valence-electron chi connectivity index (χ3n) is 3.40. The zero-order chi connectivity index (χ0) is 13.9. The van der Waals surface area contributed by atoms with Gasteiger partial charge in [0.1, 0.15) is 5.76 Å². The number of aromatic amines is 1. The molecule has 3 rings (SSSR count). The van der Waals surface area contributed by atoms with Crippen molar-refractivity contribution < 1.29 is 4.42 Å². The molecule has 0 amide bonds. The number of para-hydroxylation sites is 1. The number of pyridine rings is 1. The van der Waals surface area contributed by atoms with E-state index in [1.165, 1.54) is 0 Å². The first kappa shape index (κ1) is 12.7. The van der Waals surface area contributed by atoms with Crippen molar-refractivity contribution in [2.45, 2.75) is 19.5 Å². The minimum atomic E-state index is -0.0529. The highest BCUT2D eigenvalue weighted by atomic mass is 16.3. The van der Waals surface area contributed by atoms with E-state index >= 15 is 0 Å². The molecule has 102 valence electrons. The number of fused-ring (bicyclic) bond motifs is 1. The minimum absolute atomic E-state index is 0.0529. The van der Waals surface area contributed by atoms with Gasteiger partial charge < -0.3 is 14.7 Å². The highest BCUT2D eigenvalue weighted by Crippen LogP contribution is 2.14. The van der Waals surface area contributed by atoms with Crippen molar-refractivity contribution in [3.63, 3.8) is 0 Å². The molecule has 2 aromatic heterocycles. The zero-order valence-electron chi connectivity index (χ0n) is 11.2. The van der Waals surface area contributed by atoms with E-state index in [0.29, 0.717) is 6.54 Å². The Morgan fingerprint density at radius 3 is 2.90 bits per heavy atom. The van der Waals surface area contributed by atoms with Crippen LogP contribution in [-0.2, 0) is 6.54 Å². The van der Waals surface area contributed by atoms with Crippen LogP contribution in [0, 0.1) is 0 Å².